The van der Waals surface area contributed by atoms with Crippen molar-refractivity contribution in [2.75, 3.05) is 10.6 Å². The lowest BCUT2D eigenvalue weighted by Crippen LogP contribution is -2.37. The van der Waals surface area contributed by atoms with Crippen molar-refractivity contribution < 1.29 is 31.2 Å². The zero-order chi connectivity index (χ0) is 23.4. The van der Waals surface area contributed by atoms with Gasteiger partial charge in [-0.3, -0.25) is 0 Å². The fourth-order valence-electron chi connectivity index (χ4n) is 4.94. The summed E-state index contributed by atoms with van der Waals surface area (Å²) < 4.78 is 82.3. The highest BCUT2D eigenvalue weighted by Gasteiger charge is 2.45. The van der Waals surface area contributed by atoms with Gasteiger partial charge in [0.1, 0.15) is 17.5 Å². The molecule has 0 bridgehead atoms. The van der Waals surface area contributed by atoms with Crippen molar-refractivity contribution in [3.8, 4) is 11.1 Å². The van der Waals surface area contributed by atoms with Gasteiger partial charge in [-0.1, -0.05) is 29.8 Å². The molecule has 1 spiro atoms. The SMILES string of the molecule is FC(F)(F)c1ccccc1-c1cc2c(c(C(F)(F)F)c1)NC(C1=NOC3(CCCCC3)C1)N2. The lowest BCUT2D eigenvalue weighted by atomic mass is 9.81. The number of fused-ring (bicyclic) bond motifs is 1. The van der Waals surface area contributed by atoms with Crippen molar-refractivity contribution in [1.29, 1.82) is 0 Å². The van der Waals surface area contributed by atoms with E-state index in [1.54, 1.807) is 0 Å². The zero-order valence-corrected chi connectivity index (χ0v) is 17.4. The molecular weight excluding hydrogens is 448 g/mol. The standard InChI is InChI=1S/C23H21F6N3O/c24-22(25,26)15-7-3-2-6-14(15)13-10-16(23(27,28)29)19-17(11-13)30-20(31-19)18-12-21(33-32-18)8-4-1-5-9-21/h2-3,6-7,10-11,20,30-31H,1,4-5,8-9,12H2. The number of nitrogens with one attached hydrogen (secondary N) is 2. The summed E-state index contributed by atoms with van der Waals surface area (Å²) in [6, 6.07) is 6.68. The lowest BCUT2D eigenvalue weighted by Gasteiger charge is -2.30. The molecule has 176 valence electrons. The Morgan fingerprint density at radius 1 is 0.879 bits per heavy atom. The van der Waals surface area contributed by atoms with Gasteiger partial charge in [-0.15, -0.1) is 0 Å². The fraction of sp³-hybridized carbons (Fsp3) is 0.435. The van der Waals surface area contributed by atoms with Gasteiger partial charge in [0.25, 0.3) is 0 Å². The number of hydrogen-bond donors (Lipinski definition) is 2. The smallest absolute Gasteiger partial charge is 0.389 e. The first-order valence-electron chi connectivity index (χ1n) is 10.8. The number of halogens is 6. The molecule has 2 N–H and O–H groups in total. The van der Waals surface area contributed by atoms with Gasteiger partial charge in [-0.2, -0.15) is 26.3 Å². The highest BCUT2D eigenvalue weighted by molar-refractivity contribution is 6.00. The van der Waals surface area contributed by atoms with Gasteiger partial charge >= 0.3 is 12.4 Å². The molecule has 10 heteroatoms. The first-order chi connectivity index (χ1) is 15.6. The number of benzene rings is 2. The third kappa shape index (κ3) is 4.00. The fourth-order valence-corrected chi connectivity index (χ4v) is 4.94. The van der Waals surface area contributed by atoms with Crippen LogP contribution in [0.4, 0.5) is 37.7 Å². The molecule has 2 aromatic rings. The number of nitrogens with zero attached hydrogens (tertiary/aromatic N) is 1. The van der Waals surface area contributed by atoms with Crippen molar-refractivity contribution in [2.45, 2.75) is 62.6 Å². The van der Waals surface area contributed by atoms with Crippen LogP contribution in [0.5, 0.6) is 0 Å². The van der Waals surface area contributed by atoms with Crippen molar-refractivity contribution in [3.63, 3.8) is 0 Å². The molecule has 5 rings (SSSR count). The van der Waals surface area contributed by atoms with Gasteiger partial charge in [0.05, 0.1) is 22.5 Å². The average molecular weight is 469 g/mol. The average Bonchev–Trinajstić information content (AvgIpc) is 3.36. The Kier molecular flexibility index (Phi) is 5.02. The largest absolute Gasteiger partial charge is 0.418 e. The minimum absolute atomic E-state index is 0.0779. The minimum atomic E-state index is -4.77. The highest BCUT2D eigenvalue weighted by atomic mass is 19.4. The molecule has 3 aliphatic rings. The lowest BCUT2D eigenvalue weighted by molar-refractivity contribution is -0.137. The van der Waals surface area contributed by atoms with E-state index in [2.05, 4.69) is 15.8 Å². The summed E-state index contributed by atoms with van der Waals surface area (Å²) >= 11 is 0. The molecule has 33 heavy (non-hydrogen) atoms. The van der Waals surface area contributed by atoms with Gasteiger partial charge in [0, 0.05) is 6.42 Å². The van der Waals surface area contributed by atoms with E-state index in [0.717, 1.165) is 44.2 Å². The quantitative estimate of drug-likeness (QED) is 0.464. The van der Waals surface area contributed by atoms with Crippen LogP contribution < -0.4 is 10.6 Å². The van der Waals surface area contributed by atoms with Gasteiger partial charge in [-0.25, -0.2) is 0 Å². The summed E-state index contributed by atoms with van der Waals surface area (Å²) in [6.07, 6.45) is -4.89. The Balaban J connectivity index is 1.50. The van der Waals surface area contributed by atoms with Gasteiger partial charge < -0.3 is 15.5 Å². The van der Waals surface area contributed by atoms with Crippen molar-refractivity contribution in [2.24, 2.45) is 5.16 Å². The molecule has 1 atom stereocenters. The summed E-state index contributed by atoms with van der Waals surface area (Å²) in [4.78, 5) is 5.71. The topological polar surface area (TPSA) is 45.7 Å². The summed E-state index contributed by atoms with van der Waals surface area (Å²) in [5, 5.41) is 9.97. The van der Waals surface area contributed by atoms with Crippen molar-refractivity contribution >= 4 is 17.1 Å². The maximum atomic E-state index is 13.9. The summed E-state index contributed by atoms with van der Waals surface area (Å²) in [7, 11) is 0. The summed E-state index contributed by atoms with van der Waals surface area (Å²) in [6.45, 7) is 0. The second kappa shape index (κ2) is 7.56. The number of rotatable bonds is 2. The van der Waals surface area contributed by atoms with Crippen LogP contribution in [0.1, 0.15) is 49.7 Å². The number of anilines is 2. The zero-order valence-electron chi connectivity index (χ0n) is 17.4. The number of oxime groups is 1. The van der Waals surface area contributed by atoms with E-state index in [1.165, 1.54) is 24.3 Å². The number of alkyl halides is 6. The second-order valence-corrected chi connectivity index (χ2v) is 8.80. The first kappa shape index (κ1) is 21.9. The Morgan fingerprint density at radius 3 is 2.27 bits per heavy atom. The van der Waals surface area contributed by atoms with Gasteiger partial charge in [0.2, 0.25) is 0 Å². The Hall–Kier alpha value is -2.91. The third-order valence-corrected chi connectivity index (χ3v) is 6.53. The van der Waals surface area contributed by atoms with E-state index in [0.29, 0.717) is 12.1 Å². The molecule has 1 saturated carbocycles. The van der Waals surface area contributed by atoms with Gasteiger partial charge in [-0.05, 0) is 55.0 Å². The third-order valence-electron chi connectivity index (χ3n) is 6.53. The molecule has 0 radical (unpaired) electrons. The molecule has 4 nitrogen and oxygen atoms in total. The summed E-state index contributed by atoms with van der Waals surface area (Å²) in [5.74, 6) is 0. The molecular formula is C23H21F6N3O. The van der Waals surface area contributed by atoms with Crippen LogP contribution in [0.3, 0.4) is 0 Å². The van der Waals surface area contributed by atoms with E-state index in [-0.39, 0.29) is 22.5 Å². The van der Waals surface area contributed by atoms with Crippen LogP contribution in [0.2, 0.25) is 0 Å². The molecule has 0 aromatic heterocycles. The molecule has 1 aliphatic carbocycles. The van der Waals surface area contributed by atoms with Gasteiger partial charge in [0.15, 0.2) is 0 Å². The Morgan fingerprint density at radius 2 is 1.58 bits per heavy atom. The molecule has 1 fully saturated rings. The first-order valence-corrected chi connectivity index (χ1v) is 10.8. The van der Waals surface area contributed by atoms with Crippen molar-refractivity contribution in [1.82, 2.24) is 0 Å². The Labute approximate surface area is 186 Å². The van der Waals surface area contributed by atoms with E-state index >= 15 is 0 Å². The maximum Gasteiger partial charge on any atom is 0.418 e. The van der Waals surface area contributed by atoms with Crippen LogP contribution in [0, 0.1) is 0 Å². The van der Waals surface area contributed by atoms with Crippen LogP contribution in [0.25, 0.3) is 11.1 Å². The van der Waals surface area contributed by atoms with E-state index < -0.39 is 35.2 Å². The normalized spacial score (nSPS) is 21.8. The maximum absolute atomic E-state index is 13.9. The van der Waals surface area contributed by atoms with E-state index in [9.17, 15) is 26.3 Å². The van der Waals surface area contributed by atoms with E-state index in [1.807, 2.05) is 0 Å². The highest BCUT2D eigenvalue weighted by Crippen LogP contribution is 2.47. The van der Waals surface area contributed by atoms with E-state index in [4.69, 9.17) is 4.84 Å². The predicted octanol–water partition coefficient (Wildman–Crippen LogP) is 7.03. The number of hydrogen-bond acceptors (Lipinski definition) is 4. The minimum Gasteiger partial charge on any atom is -0.389 e. The monoisotopic (exact) mass is 469 g/mol. The molecule has 2 aliphatic heterocycles. The second-order valence-electron chi connectivity index (χ2n) is 8.80. The molecule has 0 amide bonds. The molecule has 2 heterocycles. The van der Waals surface area contributed by atoms with Crippen molar-refractivity contribution in [3.05, 3.63) is 47.5 Å². The van der Waals surface area contributed by atoms with Crippen LogP contribution in [-0.2, 0) is 17.2 Å². The van der Waals surface area contributed by atoms with Crippen LogP contribution >= 0.6 is 0 Å². The van der Waals surface area contributed by atoms with Crippen LogP contribution in [-0.4, -0.2) is 17.5 Å². The van der Waals surface area contributed by atoms with Crippen LogP contribution in [0.15, 0.2) is 41.6 Å². The molecule has 0 saturated heterocycles. The molecule has 1 unspecified atom stereocenters. The Bertz CT molecular complexity index is 1100. The summed E-state index contributed by atoms with van der Waals surface area (Å²) in [5.41, 5.74) is -2.48. The molecule has 2 aromatic carbocycles. The predicted molar refractivity (Wildman–Crippen MR) is 112 cm³/mol.